The molecule has 2 unspecified atom stereocenters. The summed E-state index contributed by atoms with van der Waals surface area (Å²) in [4.78, 5) is 0. The van der Waals surface area contributed by atoms with Gasteiger partial charge in [-0.2, -0.15) is 0 Å². The molecule has 0 saturated heterocycles. The van der Waals surface area contributed by atoms with Gasteiger partial charge in [-0.1, -0.05) is 17.7 Å². The van der Waals surface area contributed by atoms with Gasteiger partial charge in [0, 0.05) is 20.1 Å². The third-order valence-electron chi connectivity index (χ3n) is 3.31. The van der Waals surface area contributed by atoms with Crippen LogP contribution in [0.3, 0.4) is 0 Å². The molecule has 0 amide bonds. The molecule has 0 bridgehead atoms. The predicted molar refractivity (Wildman–Crippen MR) is 78.3 cm³/mol. The van der Waals surface area contributed by atoms with E-state index in [-0.39, 0.29) is 11.5 Å². The van der Waals surface area contributed by atoms with Gasteiger partial charge in [0.1, 0.15) is 11.9 Å². The zero-order chi connectivity index (χ0) is 13.7. The van der Waals surface area contributed by atoms with Gasteiger partial charge in [0.15, 0.2) is 0 Å². The summed E-state index contributed by atoms with van der Waals surface area (Å²) in [7, 11) is 1.67. The van der Waals surface area contributed by atoms with Crippen LogP contribution in [-0.4, -0.2) is 38.3 Å². The van der Waals surface area contributed by atoms with E-state index < -0.39 is 0 Å². The van der Waals surface area contributed by atoms with Crippen molar-refractivity contribution in [3.8, 4) is 5.75 Å². The van der Waals surface area contributed by atoms with E-state index >= 15 is 0 Å². The molecule has 1 aliphatic rings. The van der Waals surface area contributed by atoms with Gasteiger partial charge < -0.3 is 14.8 Å². The van der Waals surface area contributed by atoms with Crippen LogP contribution in [0.2, 0.25) is 0 Å². The maximum absolute atomic E-state index is 6.07. The van der Waals surface area contributed by atoms with Crippen LogP contribution in [0.4, 0.5) is 0 Å². The van der Waals surface area contributed by atoms with Crippen LogP contribution in [0.1, 0.15) is 17.5 Å². The highest BCUT2D eigenvalue weighted by atomic mass is 35.5. The van der Waals surface area contributed by atoms with E-state index in [1.165, 1.54) is 11.1 Å². The summed E-state index contributed by atoms with van der Waals surface area (Å²) in [6.45, 7) is 4.48. The van der Waals surface area contributed by atoms with Crippen molar-refractivity contribution in [2.24, 2.45) is 0 Å². The first-order chi connectivity index (χ1) is 9.19. The Labute approximate surface area is 120 Å². The zero-order valence-electron chi connectivity index (χ0n) is 11.6. The summed E-state index contributed by atoms with van der Waals surface area (Å²) in [6, 6.07) is 6.37. The molecule has 0 saturated carbocycles. The quantitative estimate of drug-likeness (QED) is 0.616. The molecule has 0 fully saturated rings. The topological polar surface area (TPSA) is 30.5 Å². The molecule has 0 spiro atoms. The molecular weight excluding hydrogens is 262 g/mol. The summed E-state index contributed by atoms with van der Waals surface area (Å²) in [5.74, 6) is 1.03. The molecule has 4 heteroatoms. The number of methoxy groups -OCH3 is 1. The Kier molecular flexibility index (Phi) is 5.49. The summed E-state index contributed by atoms with van der Waals surface area (Å²) < 4.78 is 10.9. The second kappa shape index (κ2) is 7.13. The third kappa shape index (κ3) is 4.37. The highest BCUT2D eigenvalue weighted by molar-refractivity contribution is 6.20. The standard InChI is InChI=1S/C15H22ClNO2/c1-11-3-4-15-12(7-11)8-14(19-15)9-17-6-5-13(16)10-18-2/h3-4,7,13-14,17H,5-6,8-10H2,1-2H3. The van der Waals surface area contributed by atoms with E-state index in [1.807, 2.05) is 0 Å². The van der Waals surface area contributed by atoms with E-state index in [1.54, 1.807) is 7.11 Å². The lowest BCUT2D eigenvalue weighted by Crippen LogP contribution is -2.31. The van der Waals surface area contributed by atoms with Crippen LogP contribution < -0.4 is 10.1 Å². The largest absolute Gasteiger partial charge is 0.488 e. The average Bonchev–Trinajstić information content (AvgIpc) is 2.77. The van der Waals surface area contributed by atoms with Crippen LogP contribution in [0.5, 0.6) is 5.75 Å². The Morgan fingerprint density at radius 2 is 2.37 bits per heavy atom. The van der Waals surface area contributed by atoms with Gasteiger partial charge in [0.2, 0.25) is 0 Å². The maximum atomic E-state index is 6.07. The van der Waals surface area contributed by atoms with E-state index in [2.05, 4.69) is 30.4 Å². The smallest absolute Gasteiger partial charge is 0.123 e. The van der Waals surface area contributed by atoms with Crippen LogP contribution in [0.15, 0.2) is 18.2 Å². The van der Waals surface area contributed by atoms with Crippen molar-refractivity contribution in [1.82, 2.24) is 5.32 Å². The normalized spacial score (nSPS) is 19.0. The number of hydrogen-bond acceptors (Lipinski definition) is 3. The number of alkyl halides is 1. The fourth-order valence-electron chi connectivity index (χ4n) is 2.35. The Bertz CT molecular complexity index is 411. The molecule has 1 N–H and O–H groups in total. The minimum absolute atomic E-state index is 0.0850. The van der Waals surface area contributed by atoms with Gasteiger partial charge in [-0.25, -0.2) is 0 Å². The van der Waals surface area contributed by atoms with Crippen LogP contribution in [0.25, 0.3) is 0 Å². The predicted octanol–water partition coefficient (Wildman–Crippen LogP) is 2.53. The lowest BCUT2D eigenvalue weighted by Gasteiger charge is -2.13. The van der Waals surface area contributed by atoms with E-state index in [0.717, 1.165) is 31.7 Å². The Morgan fingerprint density at radius 1 is 1.53 bits per heavy atom. The second-order valence-corrected chi connectivity index (χ2v) is 5.72. The Balaban J connectivity index is 1.67. The number of ether oxygens (including phenoxy) is 2. The van der Waals surface area contributed by atoms with Crippen molar-refractivity contribution in [1.29, 1.82) is 0 Å². The third-order valence-corrected chi connectivity index (χ3v) is 3.66. The molecule has 3 nitrogen and oxygen atoms in total. The molecule has 2 rings (SSSR count). The van der Waals surface area contributed by atoms with E-state index in [4.69, 9.17) is 21.1 Å². The lowest BCUT2D eigenvalue weighted by atomic mass is 10.1. The lowest BCUT2D eigenvalue weighted by molar-refractivity contribution is 0.193. The van der Waals surface area contributed by atoms with Gasteiger partial charge in [-0.15, -0.1) is 11.6 Å². The Hall–Kier alpha value is -0.770. The van der Waals surface area contributed by atoms with Crippen molar-refractivity contribution < 1.29 is 9.47 Å². The summed E-state index contributed by atoms with van der Waals surface area (Å²) in [6.07, 6.45) is 2.15. The number of benzene rings is 1. The van der Waals surface area contributed by atoms with Crippen LogP contribution in [-0.2, 0) is 11.2 Å². The maximum Gasteiger partial charge on any atom is 0.123 e. The number of rotatable bonds is 7. The SMILES string of the molecule is COCC(Cl)CCNCC1Cc2cc(C)ccc2O1. The van der Waals surface area contributed by atoms with Gasteiger partial charge in [-0.3, -0.25) is 0 Å². The van der Waals surface area contributed by atoms with Gasteiger partial charge in [-0.05, 0) is 31.5 Å². The van der Waals surface area contributed by atoms with Crippen molar-refractivity contribution in [2.45, 2.75) is 31.2 Å². The van der Waals surface area contributed by atoms with Crippen molar-refractivity contribution in [3.63, 3.8) is 0 Å². The van der Waals surface area contributed by atoms with Crippen LogP contribution in [0, 0.1) is 6.92 Å². The monoisotopic (exact) mass is 283 g/mol. The van der Waals surface area contributed by atoms with Gasteiger partial charge in [0.25, 0.3) is 0 Å². The minimum atomic E-state index is 0.0850. The first kappa shape index (κ1) is 14.6. The first-order valence-electron chi connectivity index (χ1n) is 6.79. The van der Waals surface area contributed by atoms with Crippen molar-refractivity contribution in [3.05, 3.63) is 29.3 Å². The molecule has 1 aliphatic heterocycles. The highest BCUT2D eigenvalue weighted by Crippen LogP contribution is 2.29. The summed E-state index contributed by atoms with van der Waals surface area (Å²) in [5.41, 5.74) is 2.61. The number of hydrogen-bond donors (Lipinski definition) is 1. The van der Waals surface area contributed by atoms with E-state index in [0.29, 0.717) is 6.61 Å². The van der Waals surface area contributed by atoms with Crippen molar-refractivity contribution >= 4 is 11.6 Å². The second-order valence-electron chi connectivity index (χ2n) is 5.10. The molecule has 0 radical (unpaired) electrons. The number of nitrogens with one attached hydrogen (secondary N) is 1. The highest BCUT2D eigenvalue weighted by Gasteiger charge is 2.22. The Morgan fingerprint density at radius 3 is 3.16 bits per heavy atom. The fraction of sp³-hybridized carbons (Fsp3) is 0.600. The molecule has 2 atom stereocenters. The molecule has 19 heavy (non-hydrogen) atoms. The molecule has 1 aromatic rings. The average molecular weight is 284 g/mol. The first-order valence-corrected chi connectivity index (χ1v) is 7.22. The number of halogens is 1. The number of fused-ring (bicyclic) bond motifs is 1. The molecule has 0 aromatic heterocycles. The van der Waals surface area contributed by atoms with Gasteiger partial charge in [0.05, 0.1) is 12.0 Å². The van der Waals surface area contributed by atoms with Crippen molar-refractivity contribution in [2.75, 3.05) is 26.8 Å². The molecule has 106 valence electrons. The zero-order valence-corrected chi connectivity index (χ0v) is 12.4. The summed E-state index contributed by atoms with van der Waals surface area (Å²) in [5, 5.41) is 3.49. The number of aryl methyl sites for hydroxylation is 1. The minimum Gasteiger partial charge on any atom is -0.488 e. The molecule has 1 aromatic carbocycles. The molecule has 1 heterocycles. The molecular formula is C15H22ClNO2. The van der Waals surface area contributed by atoms with Crippen LogP contribution >= 0.6 is 11.6 Å². The summed E-state index contributed by atoms with van der Waals surface area (Å²) >= 11 is 6.07. The molecule has 0 aliphatic carbocycles. The van der Waals surface area contributed by atoms with E-state index in [9.17, 15) is 0 Å². The van der Waals surface area contributed by atoms with Gasteiger partial charge >= 0.3 is 0 Å². The fourth-order valence-corrected chi connectivity index (χ4v) is 2.58.